The monoisotopic (exact) mass is 252 g/mol. The zero-order valence-electron chi connectivity index (χ0n) is 10.6. The third-order valence-electron chi connectivity index (χ3n) is 2.58. The SMILES string of the molecule is CC[C@H](CO)NC(=O)CCOc1ccccc1N. The highest BCUT2D eigenvalue weighted by Crippen LogP contribution is 2.19. The van der Waals surface area contributed by atoms with E-state index in [1.165, 1.54) is 0 Å². The Morgan fingerprint density at radius 3 is 2.83 bits per heavy atom. The zero-order chi connectivity index (χ0) is 13.4. The molecule has 4 N–H and O–H groups in total. The molecule has 1 aromatic rings. The molecule has 1 amide bonds. The van der Waals surface area contributed by atoms with Crippen LogP contribution in [0.4, 0.5) is 5.69 Å². The molecular formula is C13H20N2O3. The van der Waals surface area contributed by atoms with Crippen LogP contribution in [0.3, 0.4) is 0 Å². The summed E-state index contributed by atoms with van der Waals surface area (Å²) in [6.07, 6.45) is 0.944. The lowest BCUT2D eigenvalue weighted by Crippen LogP contribution is -2.37. The van der Waals surface area contributed by atoms with Crippen LogP contribution in [0.15, 0.2) is 24.3 Å². The molecule has 5 nitrogen and oxygen atoms in total. The summed E-state index contributed by atoms with van der Waals surface area (Å²) >= 11 is 0. The molecule has 0 unspecified atom stereocenters. The first-order chi connectivity index (χ1) is 8.67. The first-order valence-electron chi connectivity index (χ1n) is 6.05. The van der Waals surface area contributed by atoms with Crippen molar-refractivity contribution in [1.29, 1.82) is 0 Å². The lowest BCUT2D eigenvalue weighted by Gasteiger charge is -2.14. The number of para-hydroxylation sites is 2. The third-order valence-corrected chi connectivity index (χ3v) is 2.58. The molecule has 1 rings (SSSR count). The molecule has 18 heavy (non-hydrogen) atoms. The Kier molecular flexibility index (Phi) is 6.00. The fourth-order valence-electron chi connectivity index (χ4n) is 1.44. The second-order valence-electron chi connectivity index (χ2n) is 3.99. The van der Waals surface area contributed by atoms with E-state index in [4.69, 9.17) is 15.6 Å². The van der Waals surface area contributed by atoms with E-state index < -0.39 is 0 Å². The minimum Gasteiger partial charge on any atom is -0.491 e. The summed E-state index contributed by atoms with van der Waals surface area (Å²) in [5, 5.41) is 11.7. The molecule has 0 heterocycles. The maximum Gasteiger partial charge on any atom is 0.223 e. The van der Waals surface area contributed by atoms with Gasteiger partial charge in [-0.3, -0.25) is 4.79 Å². The quantitative estimate of drug-likeness (QED) is 0.630. The van der Waals surface area contributed by atoms with Crippen molar-refractivity contribution < 1.29 is 14.6 Å². The average Bonchev–Trinajstić information content (AvgIpc) is 2.38. The molecule has 0 aliphatic heterocycles. The maximum absolute atomic E-state index is 11.5. The first-order valence-corrected chi connectivity index (χ1v) is 6.05. The molecular weight excluding hydrogens is 232 g/mol. The second-order valence-corrected chi connectivity index (χ2v) is 3.99. The summed E-state index contributed by atoms with van der Waals surface area (Å²) in [4.78, 5) is 11.5. The van der Waals surface area contributed by atoms with Crippen LogP contribution in [-0.2, 0) is 4.79 Å². The predicted molar refractivity (Wildman–Crippen MR) is 70.3 cm³/mol. The molecule has 0 radical (unpaired) electrons. The number of nitrogen functional groups attached to an aromatic ring is 1. The minimum absolute atomic E-state index is 0.0469. The van der Waals surface area contributed by atoms with Gasteiger partial charge in [0.15, 0.2) is 0 Å². The summed E-state index contributed by atoms with van der Waals surface area (Å²) in [7, 11) is 0. The Balaban J connectivity index is 2.29. The van der Waals surface area contributed by atoms with Crippen molar-refractivity contribution in [2.75, 3.05) is 18.9 Å². The second kappa shape index (κ2) is 7.55. The number of carbonyl (C=O) groups is 1. The molecule has 0 spiro atoms. The Bertz CT molecular complexity index is 378. The molecule has 1 atom stereocenters. The minimum atomic E-state index is -0.181. The average molecular weight is 252 g/mol. The Hall–Kier alpha value is -1.75. The van der Waals surface area contributed by atoms with Gasteiger partial charge in [0.2, 0.25) is 5.91 Å². The molecule has 0 saturated heterocycles. The van der Waals surface area contributed by atoms with E-state index in [0.29, 0.717) is 17.9 Å². The molecule has 0 fully saturated rings. The first kappa shape index (κ1) is 14.3. The number of hydrogen-bond donors (Lipinski definition) is 3. The van der Waals surface area contributed by atoms with E-state index in [-0.39, 0.29) is 31.6 Å². The highest BCUT2D eigenvalue weighted by molar-refractivity contribution is 5.76. The van der Waals surface area contributed by atoms with Crippen molar-refractivity contribution in [2.24, 2.45) is 0 Å². The lowest BCUT2D eigenvalue weighted by molar-refractivity contribution is -0.122. The molecule has 0 saturated carbocycles. The predicted octanol–water partition coefficient (Wildman–Crippen LogP) is 0.925. The number of aliphatic hydroxyl groups is 1. The molecule has 1 aromatic carbocycles. The Morgan fingerprint density at radius 2 is 2.22 bits per heavy atom. The van der Waals surface area contributed by atoms with Crippen LogP contribution in [-0.4, -0.2) is 30.3 Å². The number of carbonyl (C=O) groups excluding carboxylic acids is 1. The van der Waals surface area contributed by atoms with Crippen molar-refractivity contribution in [3.63, 3.8) is 0 Å². The van der Waals surface area contributed by atoms with Gasteiger partial charge in [0, 0.05) is 0 Å². The van der Waals surface area contributed by atoms with E-state index in [1.807, 2.05) is 19.1 Å². The highest BCUT2D eigenvalue weighted by Gasteiger charge is 2.09. The maximum atomic E-state index is 11.5. The summed E-state index contributed by atoms with van der Waals surface area (Å²) in [5.41, 5.74) is 6.26. The van der Waals surface area contributed by atoms with Crippen LogP contribution in [0, 0.1) is 0 Å². The van der Waals surface area contributed by atoms with Crippen LogP contribution < -0.4 is 15.8 Å². The number of nitrogens with two attached hydrogens (primary N) is 1. The van der Waals surface area contributed by atoms with Crippen LogP contribution in [0.1, 0.15) is 19.8 Å². The van der Waals surface area contributed by atoms with Crippen LogP contribution in [0.2, 0.25) is 0 Å². The van der Waals surface area contributed by atoms with E-state index >= 15 is 0 Å². The number of rotatable bonds is 7. The van der Waals surface area contributed by atoms with Crippen molar-refractivity contribution in [2.45, 2.75) is 25.8 Å². The Labute approximate surface area is 107 Å². The largest absolute Gasteiger partial charge is 0.491 e. The summed E-state index contributed by atoms with van der Waals surface area (Å²) in [5.74, 6) is 0.449. The van der Waals surface area contributed by atoms with Gasteiger partial charge < -0.3 is 20.9 Å². The van der Waals surface area contributed by atoms with Gasteiger partial charge in [-0.05, 0) is 18.6 Å². The van der Waals surface area contributed by atoms with Gasteiger partial charge in [0.05, 0.1) is 31.4 Å². The summed E-state index contributed by atoms with van der Waals surface area (Å²) < 4.78 is 5.41. The van der Waals surface area contributed by atoms with Crippen molar-refractivity contribution >= 4 is 11.6 Å². The van der Waals surface area contributed by atoms with Crippen molar-refractivity contribution in [3.05, 3.63) is 24.3 Å². The summed E-state index contributed by atoms with van der Waals surface area (Å²) in [6.45, 7) is 2.12. The molecule has 0 bridgehead atoms. The normalized spacial score (nSPS) is 11.9. The van der Waals surface area contributed by atoms with E-state index in [1.54, 1.807) is 12.1 Å². The van der Waals surface area contributed by atoms with Crippen LogP contribution in [0.5, 0.6) is 5.75 Å². The molecule has 0 aromatic heterocycles. The topological polar surface area (TPSA) is 84.6 Å². The lowest BCUT2D eigenvalue weighted by atomic mass is 10.2. The van der Waals surface area contributed by atoms with E-state index in [9.17, 15) is 4.79 Å². The van der Waals surface area contributed by atoms with Gasteiger partial charge in [0.1, 0.15) is 5.75 Å². The molecule has 0 aliphatic carbocycles. The van der Waals surface area contributed by atoms with Gasteiger partial charge >= 0.3 is 0 Å². The number of hydrogen-bond acceptors (Lipinski definition) is 4. The van der Waals surface area contributed by atoms with Crippen molar-refractivity contribution in [3.8, 4) is 5.75 Å². The fraction of sp³-hybridized carbons (Fsp3) is 0.462. The van der Waals surface area contributed by atoms with Crippen LogP contribution in [0.25, 0.3) is 0 Å². The van der Waals surface area contributed by atoms with Gasteiger partial charge in [-0.25, -0.2) is 0 Å². The number of benzene rings is 1. The zero-order valence-corrected chi connectivity index (χ0v) is 10.6. The number of anilines is 1. The number of aliphatic hydroxyl groups excluding tert-OH is 1. The smallest absolute Gasteiger partial charge is 0.223 e. The highest BCUT2D eigenvalue weighted by atomic mass is 16.5. The van der Waals surface area contributed by atoms with Crippen molar-refractivity contribution in [1.82, 2.24) is 5.32 Å². The molecule has 5 heteroatoms. The summed E-state index contributed by atoms with van der Waals surface area (Å²) in [6, 6.07) is 6.97. The fourth-order valence-corrected chi connectivity index (χ4v) is 1.44. The third kappa shape index (κ3) is 4.63. The van der Waals surface area contributed by atoms with Gasteiger partial charge in [-0.1, -0.05) is 19.1 Å². The number of nitrogens with one attached hydrogen (secondary N) is 1. The number of ether oxygens (including phenoxy) is 1. The van der Waals surface area contributed by atoms with E-state index in [0.717, 1.165) is 0 Å². The molecule has 0 aliphatic rings. The van der Waals surface area contributed by atoms with Gasteiger partial charge in [-0.15, -0.1) is 0 Å². The van der Waals surface area contributed by atoms with E-state index in [2.05, 4.69) is 5.32 Å². The standard InChI is InChI=1S/C13H20N2O3/c1-2-10(9-16)15-13(17)7-8-18-12-6-4-3-5-11(12)14/h3-6,10,16H,2,7-9,14H2,1H3,(H,15,17)/t10-/m1/s1. The van der Waals surface area contributed by atoms with Crippen LogP contribution >= 0.6 is 0 Å². The number of amides is 1. The van der Waals surface area contributed by atoms with Gasteiger partial charge in [-0.2, -0.15) is 0 Å². The Morgan fingerprint density at radius 1 is 1.50 bits per heavy atom. The van der Waals surface area contributed by atoms with Gasteiger partial charge in [0.25, 0.3) is 0 Å². The molecule has 100 valence electrons.